The number of benzene rings is 2. The summed E-state index contributed by atoms with van der Waals surface area (Å²) in [5.41, 5.74) is 0.973. The Hall–Kier alpha value is -2.79. The lowest BCUT2D eigenvalue weighted by atomic mass is 10.2. The van der Waals surface area contributed by atoms with Crippen LogP contribution < -0.4 is 14.8 Å². The predicted molar refractivity (Wildman–Crippen MR) is 108 cm³/mol. The van der Waals surface area contributed by atoms with E-state index in [4.69, 9.17) is 0 Å². The summed E-state index contributed by atoms with van der Waals surface area (Å²) in [7, 11) is -3.96. The van der Waals surface area contributed by atoms with Gasteiger partial charge >= 0.3 is 6.36 Å². The number of alkyl halides is 3. The first-order chi connectivity index (χ1) is 14.6. The molecule has 2 N–H and O–H groups in total. The number of sulfonamides is 1. The van der Waals surface area contributed by atoms with Crippen LogP contribution in [0.5, 0.6) is 5.75 Å². The van der Waals surface area contributed by atoms with Crippen molar-refractivity contribution in [3.8, 4) is 5.75 Å². The number of amides is 1. The van der Waals surface area contributed by atoms with Crippen LogP contribution in [0.15, 0.2) is 59.5 Å². The summed E-state index contributed by atoms with van der Waals surface area (Å²) in [5.74, 6) is -0.691. The zero-order valence-electron chi connectivity index (χ0n) is 16.4. The molecule has 0 aliphatic carbocycles. The van der Waals surface area contributed by atoms with Gasteiger partial charge in [0.1, 0.15) is 5.75 Å². The van der Waals surface area contributed by atoms with Crippen LogP contribution in [0, 0.1) is 0 Å². The number of likely N-dealkylation sites (tertiary alicyclic amines) is 1. The highest BCUT2D eigenvalue weighted by atomic mass is 32.2. The molecule has 3 rings (SSSR count). The Morgan fingerprint density at radius 3 is 2.42 bits per heavy atom. The second-order valence-corrected chi connectivity index (χ2v) is 8.77. The van der Waals surface area contributed by atoms with E-state index in [2.05, 4.69) is 14.8 Å². The molecule has 2 aromatic rings. The largest absolute Gasteiger partial charge is 0.573 e. The van der Waals surface area contributed by atoms with Crippen LogP contribution in [0.2, 0.25) is 0 Å². The number of carbonyl (C=O) groups is 1. The average molecular weight is 457 g/mol. The molecule has 1 amide bonds. The van der Waals surface area contributed by atoms with E-state index in [0.717, 1.165) is 36.4 Å². The maximum Gasteiger partial charge on any atom is 0.573 e. The molecule has 7 nitrogen and oxygen atoms in total. The summed E-state index contributed by atoms with van der Waals surface area (Å²) in [5, 5.41) is 3.36. The van der Waals surface area contributed by atoms with Gasteiger partial charge in [-0.15, -0.1) is 13.2 Å². The third-order valence-electron chi connectivity index (χ3n) is 4.68. The van der Waals surface area contributed by atoms with Crippen LogP contribution >= 0.6 is 0 Å². The number of hydrogen-bond donors (Lipinski definition) is 2. The molecular formula is C20H22F3N3O4S. The third-order valence-corrected chi connectivity index (χ3v) is 6.16. The van der Waals surface area contributed by atoms with Gasteiger partial charge in [-0.1, -0.05) is 18.2 Å². The highest BCUT2D eigenvalue weighted by Crippen LogP contribution is 2.24. The van der Waals surface area contributed by atoms with E-state index in [0.29, 0.717) is 13.1 Å². The minimum absolute atomic E-state index is 0.0213. The fraction of sp³-hybridized carbons (Fsp3) is 0.350. The number of halogens is 3. The molecule has 11 heteroatoms. The molecule has 0 spiro atoms. The topological polar surface area (TPSA) is 87.7 Å². The average Bonchev–Trinajstić information content (AvgIpc) is 3.16. The molecule has 1 atom stereocenters. The fourth-order valence-electron chi connectivity index (χ4n) is 3.23. The molecule has 1 aliphatic rings. The minimum atomic E-state index is -4.86. The van der Waals surface area contributed by atoms with Crippen molar-refractivity contribution in [1.82, 2.24) is 9.62 Å². The summed E-state index contributed by atoms with van der Waals surface area (Å²) < 4.78 is 67.1. The number of rotatable bonds is 8. The Morgan fingerprint density at radius 2 is 1.77 bits per heavy atom. The summed E-state index contributed by atoms with van der Waals surface area (Å²) >= 11 is 0. The number of hydrogen-bond acceptors (Lipinski definition) is 5. The van der Waals surface area contributed by atoms with Gasteiger partial charge in [0, 0.05) is 37.8 Å². The number of carbonyl (C=O) groups excluding carboxylic acids is 1. The van der Waals surface area contributed by atoms with Gasteiger partial charge in [-0.05, 0) is 42.8 Å². The van der Waals surface area contributed by atoms with Gasteiger partial charge < -0.3 is 15.0 Å². The molecule has 31 heavy (non-hydrogen) atoms. The van der Waals surface area contributed by atoms with Gasteiger partial charge in [0.05, 0.1) is 4.90 Å². The first-order valence-electron chi connectivity index (χ1n) is 9.57. The zero-order valence-corrected chi connectivity index (χ0v) is 17.2. The second-order valence-electron chi connectivity index (χ2n) is 7.00. The second kappa shape index (κ2) is 9.56. The first-order valence-corrected chi connectivity index (χ1v) is 11.1. The predicted octanol–water partition coefficient (Wildman–Crippen LogP) is 2.97. The first kappa shape index (κ1) is 22.9. The molecule has 1 unspecified atom stereocenters. The highest BCUT2D eigenvalue weighted by Gasteiger charge is 2.31. The zero-order chi connectivity index (χ0) is 22.5. The van der Waals surface area contributed by atoms with Gasteiger partial charge in [0.15, 0.2) is 0 Å². The lowest BCUT2D eigenvalue weighted by Gasteiger charge is -2.18. The molecule has 1 aliphatic heterocycles. The Morgan fingerprint density at radius 1 is 1.10 bits per heavy atom. The van der Waals surface area contributed by atoms with Crippen LogP contribution in [0.1, 0.15) is 12.8 Å². The molecule has 168 valence electrons. The van der Waals surface area contributed by atoms with Crippen molar-refractivity contribution in [1.29, 1.82) is 0 Å². The maximum absolute atomic E-state index is 12.4. The lowest BCUT2D eigenvalue weighted by Crippen LogP contribution is -2.34. The van der Waals surface area contributed by atoms with E-state index < -0.39 is 22.1 Å². The summed E-state index contributed by atoms with van der Waals surface area (Å²) in [6, 6.07) is 13.6. The van der Waals surface area contributed by atoms with Crippen molar-refractivity contribution in [3.63, 3.8) is 0 Å². The van der Waals surface area contributed by atoms with Crippen LogP contribution in [-0.4, -0.2) is 51.3 Å². The molecule has 0 aromatic heterocycles. The SMILES string of the molecule is O=C(CCNS(=O)(=O)c1ccc(OC(F)(F)F)cc1)N1CCC(Nc2ccccc2)C1. The summed E-state index contributed by atoms with van der Waals surface area (Å²) in [6.07, 6.45) is -4.09. The fourth-order valence-corrected chi connectivity index (χ4v) is 4.26. The van der Waals surface area contributed by atoms with Crippen LogP contribution in [0.25, 0.3) is 0 Å². The number of para-hydroxylation sites is 1. The Bertz CT molecular complexity index is 983. The third kappa shape index (κ3) is 6.86. The van der Waals surface area contributed by atoms with Crippen molar-refractivity contribution in [2.45, 2.75) is 30.1 Å². The minimum Gasteiger partial charge on any atom is -0.406 e. The number of nitrogens with one attached hydrogen (secondary N) is 2. The van der Waals surface area contributed by atoms with Gasteiger partial charge in [0.25, 0.3) is 0 Å². The van der Waals surface area contributed by atoms with Crippen LogP contribution in [0.3, 0.4) is 0 Å². The van der Waals surface area contributed by atoms with Gasteiger partial charge in [-0.25, -0.2) is 13.1 Å². The van der Waals surface area contributed by atoms with Crippen molar-refractivity contribution in [2.24, 2.45) is 0 Å². The normalized spacial score (nSPS) is 16.9. The van der Waals surface area contributed by atoms with E-state index >= 15 is 0 Å². The van der Waals surface area contributed by atoms with E-state index in [1.807, 2.05) is 30.3 Å². The Balaban J connectivity index is 1.45. The van der Waals surface area contributed by atoms with Gasteiger partial charge in [0.2, 0.25) is 15.9 Å². The summed E-state index contributed by atoms with van der Waals surface area (Å²) in [4.78, 5) is 13.8. The molecule has 1 saturated heterocycles. The van der Waals surface area contributed by atoms with Gasteiger partial charge in [-0.2, -0.15) is 0 Å². The van der Waals surface area contributed by atoms with E-state index in [1.165, 1.54) is 0 Å². The van der Waals surface area contributed by atoms with Crippen molar-refractivity contribution in [3.05, 3.63) is 54.6 Å². The van der Waals surface area contributed by atoms with Crippen LogP contribution in [0.4, 0.5) is 18.9 Å². The lowest BCUT2D eigenvalue weighted by molar-refractivity contribution is -0.274. The summed E-state index contributed by atoms with van der Waals surface area (Å²) in [6.45, 7) is 0.993. The number of ether oxygens (including phenoxy) is 1. The van der Waals surface area contributed by atoms with Crippen molar-refractivity contribution < 1.29 is 31.1 Å². The Kier molecular flexibility index (Phi) is 7.06. The van der Waals surface area contributed by atoms with Crippen molar-refractivity contribution in [2.75, 3.05) is 25.0 Å². The monoisotopic (exact) mass is 457 g/mol. The molecule has 0 saturated carbocycles. The Labute approximate surface area is 178 Å². The maximum atomic E-state index is 12.4. The molecule has 1 heterocycles. The van der Waals surface area contributed by atoms with E-state index in [1.54, 1.807) is 4.90 Å². The van der Waals surface area contributed by atoms with E-state index in [9.17, 15) is 26.4 Å². The highest BCUT2D eigenvalue weighted by molar-refractivity contribution is 7.89. The number of anilines is 1. The van der Waals surface area contributed by atoms with Crippen molar-refractivity contribution >= 4 is 21.6 Å². The quantitative estimate of drug-likeness (QED) is 0.637. The molecular weight excluding hydrogens is 435 g/mol. The van der Waals surface area contributed by atoms with Crippen LogP contribution in [-0.2, 0) is 14.8 Å². The van der Waals surface area contributed by atoms with Gasteiger partial charge in [-0.3, -0.25) is 4.79 Å². The molecule has 0 radical (unpaired) electrons. The number of nitrogens with zero attached hydrogens (tertiary/aromatic N) is 1. The molecule has 0 bridgehead atoms. The standard InChI is InChI=1S/C20H22F3N3O4S/c21-20(22,23)30-17-6-8-18(9-7-17)31(28,29)24-12-10-19(27)26-13-11-16(14-26)25-15-4-2-1-3-5-15/h1-9,16,24-25H,10-14H2. The molecule has 2 aromatic carbocycles. The smallest absolute Gasteiger partial charge is 0.406 e. The molecule has 1 fully saturated rings. The van der Waals surface area contributed by atoms with E-state index in [-0.39, 0.29) is 29.8 Å².